The molecule has 0 radical (unpaired) electrons. The third-order valence-corrected chi connectivity index (χ3v) is 4.80. The van der Waals surface area contributed by atoms with Gasteiger partial charge in [-0.05, 0) is 56.8 Å². The number of rotatable bonds is 6. The predicted molar refractivity (Wildman–Crippen MR) is 83.9 cm³/mol. The van der Waals surface area contributed by atoms with Gasteiger partial charge in [-0.3, -0.25) is 9.69 Å². The quantitative estimate of drug-likeness (QED) is 0.851. The van der Waals surface area contributed by atoms with Crippen molar-refractivity contribution < 1.29 is 9.90 Å². The molecule has 1 aliphatic rings. The number of carbonyl (C=O) groups is 1. The summed E-state index contributed by atoms with van der Waals surface area (Å²) < 4.78 is 1.20. The van der Waals surface area contributed by atoms with Crippen LogP contribution in [-0.4, -0.2) is 28.6 Å². The molecule has 1 aliphatic carbocycles. The van der Waals surface area contributed by atoms with E-state index in [9.17, 15) is 4.79 Å². The van der Waals surface area contributed by atoms with Gasteiger partial charge in [0, 0.05) is 23.0 Å². The number of aliphatic carboxylic acids is 1. The first-order valence-corrected chi connectivity index (χ1v) is 8.05. The van der Waals surface area contributed by atoms with Crippen LogP contribution in [0.4, 0.5) is 0 Å². The minimum atomic E-state index is -0.705. The van der Waals surface area contributed by atoms with Crippen LogP contribution < -0.4 is 0 Å². The summed E-state index contributed by atoms with van der Waals surface area (Å²) in [6, 6.07) is 7.27. The number of fused-ring (bicyclic) bond motifs is 1. The Morgan fingerprint density at radius 2 is 2.25 bits per heavy atom. The van der Waals surface area contributed by atoms with Gasteiger partial charge in [0.15, 0.2) is 0 Å². The van der Waals surface area contributed by atoms with Gasteiger partial charge in [0.2, 0.25) is 0 Å². The molecule has 0 saturated carbocycles. The van der Waals surface area contributed by atoms with Gasteiger partial charge in [0.1, 0.15) is 0 Å². The SMILES string of the molecule is CC(C)N(CCCC(=O)O)C1CCc2c(Br)cccc21. The Hall–Kier alpha value is -0.870. The van der Waals surface area contributed by atoms with Crippen LogP contribution in [0.2, 0.25) is 0 Å². The summed E-state index contributed by atoms with van der Waals surface area (Å²) in [4.78, 5) is 13.1. The van der Waals surface area contributed by atoms with Crippen molar-refractivity contribution in [3.05, 3.63) is 33.8 Å². The molecule has 0 fully saturated rings. The molecule has 0 aliphatic heterocycles. The number of carboxylic acids is 1. The molecule has 0 spiro atoms. The predicted octanol–water partition coefficient (Wildman–Crippen LogP) is 4.01. The van der Waals surface area contributed by atoms with Crippen LogP contribution >= 0.6 is 15.9 Å². The second-order valence-electron chi connectivity index (χ2n) is 5.69. The second kappa shape index (κ2) is 6.72. The molecule has 20 heavy (non-hydrogen) atoms. The first-order chi connectivity index (χ1) is 9.50. The van der Waals surface area contributed by atoms with Gasteiger partial charge in [0.05, 0.1) is 0 Å². The molecule has 4 heteroatoms. The van der Waals surface area contributed by atoms with Gasteiger partial charge >= 0.3 is 5.97 Å². The van der Waals surface area contributed by atoms with Crippen LogP contribution in [0.3, 0.4) is 0 Å². The van der Waals surface area contributed by atoms with E-state index in [-0.39, 0.29) is 6.42 Å². The average Bonchev–Trinajstić information content (AvgIpc) is 2.79. The van der Waals surface area contributed by atoms with Crippen molar-refractivity contribution in [3.8, 4) is 0 Å². The molecule has 2 rings (SSSR count). The lowest BCUT2D eigenvalue weighted by Crippen LogP contribution is -2.35. The molecule has 1 aromatic rings. The second-order valence-corrected chi connectivity index (χ2v) is 6.55. The van der Waals surface area contributed by atoms with Crippen molar-refractivity contribution in [2.75, 3.05) is 6.54 Å². The van der Waals surface area contributed by atoms with E-state index in [0.29, 0.717) is 18.5 Å². The first kappa shape index (κ1) is 15.5. The summed E-state index contributed by atoms with van der Waals surface area (Å²) in [5, 5.41) is 8.80. The topological polar surface area (TPSA) is 40.5 Å². The van der Waals surface area contributed by atoms with Crippen LogP contribution in [0, 0.1) is 0 Å². The summed E-state index contributed by atoms with van der Waals surface area (Å²) in [6.07, 6.45) is 3.20. The third-order valence-electron chi connectivity index (χ3n) is 4.05. The summed E-state index contributed by atoms with van der Waals surface area (Å²) in [5.41, 5.74) is 2.82. The van der Waals surface area contributed by atoms with Gasteiger partial charge < -0.3 is 5.11 Å². The van der Waals surface area contributed by atoms with E-state index in [1.54, 1.807) is 0 Å². The fraction of sp³-hybridized carbons (Fsp3) is 0.562. The van der Waals surface area contributed by atoms with Crippen molar-refractivity contribution in [1.29, 1.82) is 0 Å². The standard InChI is InChI=1S/C16H22BrNO2/c1-11(2)18(10-4-7-16(19)20)15-9-8-12-13(15)5-3-6-14(12)17/h3,5-6,11,15H,4,7-10H2,1-2H3,(H,19,20). The van der Waals surface area contributed by atoms with E-state index in [1.165, 1.54) is 15.6 Å². The molecule has 0 aromatic heterocycles. The number of halogens is 1. The van der Waals surface area contributed by atoms with E-state index in [4.69, 9.17) is 5.11 Å². The maximum atomic E-state index is 10.7. The zero-order valence-corrected chi connectivity index (χ0v) is 13.7. The highest BCUT2D eigenvalue weighted by molar-refractivity contribution is 9.10. The van der Waals surface area contributed by atoms with E-state index in [0.717, 1.165) is 19.4 Å². The van der Waals surface area contributed by atoms with Crippen molar-refractivity contribution in [1.82, 2.24) is 4.90 Å². The van der Waals surface area contributed by atoms with E-state index in [2.05, 4.69) is 52.9 Å². The highest BCUT2D eigenvalue weighted by Gasteiger charge is 2.30. The molecule has 3 nitrogen and oxygen atoms in total. The molecule has 110 valence electrons. The smallest absolute Gasteiger partial charge is 0.303 e. The molecule has 1 atom stereocenters. The van der Waals surface area contributed by atoms with Crippen LogP contribution in [0.5, 0.6) is 0 Å². The molecule has 1 aromatic carbocycles. The largest absolute Gasteiger partial charge is 0.481 e. The molecule has 0 bridgehead atoms. The Kier molecular flexibility index (Phi) is 5.22. The summed E-state index contributed by atoms with van der Waals surface area (Å²) in [7, 11) is 0. The lowest BCUT2D eigenvalue weighted by molar-refractivity contribution is -0.137. The minimum absolute atomic E-state index is 0.251. The molecular formula is C16H22BrNO2. The summed E-state index contributed by atoms with van der Waals surface area (Å²) in [5.74, 6) is -0.705. The van der Waals surface area contributed by atoms with Crippen LogP contribution in [0.25, 0.3) is 0 Å². The Balaban J connectivity index is 2.12. The van der Waals surface area contributed by atoms with E-state index < -0.39 is 5.97 Å². The van der Waals surface area contributed by atoms with Gasteiger partial charge in [-0.1, -0.05) is 28.1 Å². The molecular weight excluding hydrogens is 318 g/mol. The van der Waals surface area contributed by atoms with Crippen molar-refractivity contribution >= 4 is 21.9 Å². The van der Waals surface area contributed by atoms with Crippen molar-refractivity contribution in [2.24, 2.45) is 0 Å². The third kappa shape index (κ3) is 3.41. The van der Waals surface area contributed by atoms with Crippen LogP contribution in [-0.2, 0) is 11.2 Å². The first-order valence-electron chi connectivity index (χ1n) is 7.25. The van der Waals surface area contributed by atoms with E-state index >= 15 is 0 Å². The molecule has 0 amide bonds. The monoisotopic (exact) mass is 339 g/mol. The maximum Gasteiger partial charge on any atom is 0.303 e. The lowest BCUT2D eigenvalue weighted by atomic mass is 10.0. The molecule has 0 heterocycles. The highest BCUT2D eigenvalue weighted by Crippen LogP contribution is 2.40. The highest BCUT2D eigenvalue weighted by atomic mass is 79.9. The molecule has 1 N–H and O–H groups in total. The number of nitrogens with zero attached hydrogens (tertiary/aromatic N) is 1. The summed E-state index contributed by atoms with van der Waals surface area (Å²) in [6.45, 7) is 5.23. The fourth-order valence-electron chi connectivity index (χ4n) is 3.12. The zero-order chi connectivity index (χ0) is 14.7. The number of hydrogen-bond acceptors (Lipinski definition) is 2. The molecule has 0 saturated heterocycles. The Morgan fingerprint density at radius 1 is 1.50 bits per heavy atom. The summed E-state index contributed by atoms with van der Waals surface area (Å²) >= 11 is 3.64. The van der Waals surface area contributed by atoms with Gasteiger partial charge in [0.25, 0.3) is 0 Å². The van der Waals surface area contributed by atoms with Crippen molar-refractivity contribution in [3.63, 3.8) is 0 Å². The Bertz CT molecular complexity index is 487. The van der Waals surface area contributed by atoms with Crippen LogP contribution in [0.1, 0.15) is 50.3 Å². The van der Waals surface area contributed by atoms with Gasteiger partial charge in [-0.2, -0.15) is 0 Å². The Morgan fingerprint density at radius 3 is 2.90 bits per heavy atom. The number of benzene rings is 1. The number of hydrogen-bond donors (Lipinski definition) is 1. The lowest BCUT2D eigenvalue weighted by Gasteiger charge is -2.33. The molecule has 1 unspecified atom stereocenters. The average molecular weight is 340 g/mol. The zero-order valence-electron chi connectivity index (χ0n) is 12.1. The van der Waals surface area contributed by atoms with E-state index in [1.807, 2.05) is 0 Å². The normalized spacial score (nSPS) is 17.8. The maximum absolute atomic E-state index is 10.7. The van der Waals surface area contributed by atoms with Gasteiger partial charge in [-0.25, -0.2) is 0 Å². The fourth-order valence-corrected chi connectivity index (χ4v) is 3.70. The van der Waals surface area contributed by atoms with Gasteiger partial charge in [-0.15, -0.1) is 0 Å². The minimum Gasteiger partial charge on any atom is -0.481 e. The van der Waals surface area contributed by atoms with Crippen LogP contribution in [0.15, 0.2) is 22.7 Å². The van der Waals surface area contributed by atoms with Crippen molar-refractivity contribution in [2.45, 2.75) is 51.6 Å². The number of carboxylic acid groups (broad SMARTS) is 1. The Labute approximate surface area is 129 Å².